The lowest BCUT2D eigenvalue weighted by Crippen LogP contribution is -2.21. The van der Waals surface area contributed by atoms with Gasteiger partial charge >= 0.3 is 0 Å². The number of ether oxygens (including phenoxy) is 1. The summed E-state index contributed by atoms with van der Waals surface area (Å²) in [6.07, 6.45) is 3.24. The van der Waals surface area contributed by atoms with Gasteiger partial charge in [-0.25, -0.2) is 4.98 Å². The second kappa shape index (κ2) is 6.18. The molecule has 0 aliphatic heterocycles. The number of hydrogen-bond acceptors (Lipinski definition) is 6. The molecule has 6 nitrogen and oxygen atoms in total. The molecule has 2 aromatic heterocycles. The standard InChI is InChI=1S/C14H19N5O/c1-10(2)20-14-12(15)13(17-9-18-14)19(3)8-11-6-4-5-7-16-11/h4-7,9-10H,8,15H2,1-3H3. The Balaban J connectivity index is 2.19. The summed E-state index contributed by atoms with van der Waals surface area (Å²) in [7, 11) is 1.91. The van der Waals surface area contributed by atoms with Crippen molar-refractivity contribution >= 4 is 11.5 Å². The van der Waals surface area contributed by atoms with E-state index >= 15 is 0 Å². The summed E-state index contributed by atoms with van der Waals surface area (Å²) < 4.78 is 5.57. The highest BCUT2D eigenvalue weighted by Gasteiger charge is 2.14. The number of anilines is 2. The normalized spacial score (nSPS) is 10.6. The smallest absolute Gasteiger partial charge is 0.242 e. The van der Waals surface area contributed by atoms with E-state index in [0.29, 0.717) is 23.9 Å². The van der Waals surface area contributed by atoms with Crippen LogP contribution in [0.4, 0.5) is 11.5 Å². The lowest BCUT2D eigenvalue weighted by Gasteiger charge is -2.20. The van der Waals surface area contributed by atoms with Gasteiger partial charge in [0.1, 0.15) is 12.0 Å². The second-order valence-corrected chi connectivity index (χ2v) is 4.76. The Hall–Kier alpha value is -2.37. The molecule has 0 unspecified atom stereocenters. The summed E-state index contributed by atoms with van der Waals surface area (Å²) >= 11 is 0. The molecule has 0 saturated carbocycles. The van der Waals surface area contributed by atoms with E-state index in [1.165, 1.54) is 6.33 Å². The van der Waals surface area contributed by atoms with E-state index in [0.717, 1.165) is 5.69 Å². The third-order valence-electron chi connectivity index (χ3n) is 2.66. The molecule has 2 N–H and O–H groups in total. The van der Waals surface area contributed by atoms with Crippen molar-refractivity contribution in [3.8, 4) is 5.88 Å². The van der Waals surface area contributed by atoms with E-state index in [-0.39, 0.29) is 6.10 Å². The van der Waals surface area contributed by atoms with Gasteiger partial charge in [-0.15, -0.1) is 0 Å². The molecule has 2 heterocycles. The molecule has 0 aliphatic rings. The number of rotatable bonds is 5. The first-order chi connectivity index (χ1) is 9.58. The summed E-state index contributed by atoms with van der Waals surface area (Å²) in [6.45, 7) is 4.47. The van der Waals surface area contributed by atoms with Crippen LogP contribution in [0.3, 0.4) is 0 Å². The van der Waals surface area contributed by atoms with Crippen LogP contribution in [0, 0.1) is 0 Å². The van der Waals surface area contributed by atoms with Crippen LogP contribution in [0.25, 0.3) is 0 Å². The van der Waals surface area contributed by atoms with Crippen molar-refractivity contribution in [2.45, 2.75) is 26.5 Å². The average Bonchev–Trinajstić information content (AvgIpc) is 2.41. The second-order valence-electron chi connectivity index (χ2n) is 4.76. The van der Waals surface area contributed by atoms with Crippen LogP contribution >= 0.6 is 0 Å². The van der Waals surface area contributed by atoms with Crippen LogP contribution in [-0.4, -0.2) is 28.1 Å². The number of nitrogen functional groups attached to an aromatic ring is 1. The minimum Gasteiger partial charge on any atom is -0.473 e. The highest BCUT2D eigenvalue weighted by Crippen LogP contribution is 2.28. The molecule has 6 heteroatoms. The highest BCUT2D eigenvalue weighted by molar-refractivity contribution is 5.67. The van der Waals surface area contributed by atoms with E-state index in [1.807, 2.05) is 44.0 Å². The van der Waals surface area contributed by atoms with Crippen LogP contribution < -0.4 is 15.4 Å². The van der Waals surface area contributed by atoms with Gasteiger partial charge in [0, 0.05) is 13.2 Å². The van der Waals surface area contributed by atoms with Gasteiger partial charge in [-0.3, -0.25) is 4.98 Å². The van der Waals surface area contributed by atoms with Crippen LogP contribution in [0.2, 0.25) is 0 Å². The van der Waals surface area contributed by atoms with Crippen molar-refractivity contribution in [2.24, 2.45) is 0 Å². The van der Waals surface area contributed by atoms with Crippen molar-refractivity contribution in [2.75, 3.05) is 17.7 Å². The fourth-order valence-electron chi connectivity index (χ4n) is 1.80. The third kappa shape index (κ3) is 3.34. The van der Waals surface area contributed by atoms with E-state index in [1.54, 1.807) is 6.20 Å². The molecule has 20 heavy (non-hydrogen) atoms. The van der Waals surface area contributed by atoms with Crippen molar-refractivity contribution in [3.05, 3.63) is 36.4 Å². The predicted molar refractivity (Wildman–Crippen MR) is 78.6 cm³/mol. The maximum Gasteiger partial charge on any atom is 0.242 e. The number of hydrogen-bond donors (Lipinski definition) is 1. The summed E-state index contributed by atoms with van der Waals surface area (Å²) in [5.74, 6) is 1.05. The number of pyridine rings is 1. The zero-order valence-corrected chi connectivity index (χ0v) is 11.9. The van der Waals surface area contributed by atoms with Gasteiger partial charge in [0.05, 0.1) is 18.3 Å². The minimum atomic E-state index is 0.0150. The van der Waals surface area contributed by atoms with Crippen LogP contribution in [0.1, 0.15) is 19.5 Å². The molecule has 0 saturated heterocycles. The largest absolute Gasteiger partial charge is 0.473 e. The minimum absolute atomic E-state index is 0.0150. The Morgan fingerprint density at radius 1 is 1.25 bits per heavy atom. The van der Waals surface area contributed by atoms with E-state index in [2.05, 4.69) is 15.0 Å². The topological polar surface area (TPSA) is 77.2 Å². The first-order valence-electron chi connectivity index (χ1n) is 6.46. The Bertz CT molecular complexity index is 559. The summed E-state index contributed by atoms with van der Waals surface area (Å²) in [6, 6.07) is 5.79. The predicted octanol–water partition coefficient (Wildman–Crippen LogP) is 1.88. The quantitative estimate of drug-likeness (QED) is 0.896. The zero-order valence-electron chi connectivity index (χ0n) is 11.9. The molecule has 0 radical (unpaired) electrons. The average molecular weight is 273 g/mol. The summed E-state index contributed by atoms with van der Waals surface area (Å²) in [5, 5.41) is 0. The Labute approximate surface area is 118 Å². The van der Waals surface area contributed by atoms with Crippen LogP contribution in [0.5, 0.6) is 5.88 Å². The van der Waals surface area contributed by atoms with Gasteiger partial charge in [-0.1, -0.05) is 6.07 Å². The van der Waals surface area contributed by atoms with Crippen LogP contribution in [-0.2, 0) is 6.54 Å². The molecule has 2 rings (SSSR count). The van der Waals surface area contributed by atoms with Gasteiger partial charge in [-0.05, 0) is 26.0 Å². The van der Waals surface area contributed by atoms with Gasteiger partial charge < -0.3 is 15.4 Å². The molecule has 0 amide bonds. The lowest BCUT2D eigenvalue weighted by atomic mass is 10.3. The van der Waals surface area contributed by atoms with Crippen molar-refractivity contribution in [1.82, 2.24) is 15.0 Å². The number of nitrogens with two attached hydrogens (primary N) is 1. The van der Waals surface area contributed by atoms with Gasteiger partial charge in [0.25, 0.3) is 0 Å². The molecular weight excluding hydrogens is 254 g/mol. The van der Waals surface area contributed by atoms with E-state index in [4.69, 9.17) is 10.5 Å². The molecule has 2 aromatic rings. The highest BCUT2D eigenvalue weighted by atomic mass is 16.5. The van der Waals surface area contributed by atoms with Crippen molar-refractivity contribution < 1.29 is 4.74 Å². The fourth-order valence-corrected chi connectivity index (χ4v) is 1.80. The third-order valence-corrected chi connectivity index (χ3v) is 2.66. The van der Waals surface area contributed by atoms with E-state index < -0.39 is 0 Å². The fraction of sp³-hybridized carbons (Fsp3) is 0.357. The summed E-state index contributed by atoms with van der Waals surface area (Å²) in [4.78, 5) is 14.5. The van der Waals surface area contributed by atoms with Crippen LogP contribution in [0.15, 0.2) is 30.7 Å². The Morgan fingerprint density at radius 3 is 2.70 bits per heavy atom. The molecule has 0 aliphatic carbocycles. The Kier molecular flexibility index (Phi) is 4.34. The van der Waals surface area contributed by atoms with Gasteiger partial charge in [0.2, 0.25) is 5.88 Å². The van der Waals surface area contributed by atoms with E-state index in [9.17, 15) is 0 Å². The maximum absolute atomic E-state index is 6.07. The zero-order chi connectivity index (χ0) is 14.5. The molecule has 106 valence electrons. The Morgan fingerprint density at radius 2 is 2.05 bits per heavy atom. The first-order valence-corrected chi connectivity index (χ1v) is 6.46. The monoisotopic (exact) mass is 273 g/mol. The maximum atomic E-state index is 6.07. The molecule has 0 spiro atoms. The molecule has 0 fully saturated rings. The molecular formula is C14H19N5O. The van der Waals surface area contributed by atoms with Crippen molar-refractivity contribution in [1.29, 1.82) is 0 Å². The number of aromatic nitrogens is 3. The van der Waals surface area contributed by atoms with Crippen molar-refractivity contribution in [3.63, 3.8) is 0 Å². The first kappa shape index (κ1) is 14.0. The SMILES string of the molecule is CC(C)Oc1ncnc(N(C)Cc2ccccn2)c1N. The summed E-state index contributed by atoms with van der Waals surface area (Å²) in [5.41, 5.74) is 7.46. The van der Waals surface area contributed by atoms with Gasteiger partial charge in [-0.2, -0.15) is 4.98 Å². The van der Waals surface area contributed by atoms with Gasteiger partial charge in [0.15, 0.2) is 5.82 Å². The molecule has 0 bridgehead atoms. The molecule has 0 aromatic carbocycles. The lowest BCUT2D eigenvalue weighted by molar-refractivity contribution is 0.234. The number of nitrogens with zero attached hydrogens (tertiary/aromatic N) is 4. The molecule has 0 atom stereocenters.